The van der Waals surface area contributed by atoms with Crippen molar-refractivity contribution < 1.29 is 9.47 Å². The zero-order valence-electron chi connectivity index (χ0n) is 15.6. The van der Waals surface area contributed by atoms with Gasteiger partial charge in [-0.2, -0.15) is 0 Å². The zero-order chi connectivity index (χ0) is 17.0. The van der Waals surface area contributed by atoms with Crippen LogP contribution in [0.2, 0.25) is 0 Å². The Hall–Kier alpha value is -0.860. The van der Waals surface area contributed by atoms with Gasteiger partial charge in [-0.1, -0.05) is 82.7 Å². The lowest BCUT2D eigenvalue weighted by Crippen LogP contribution is -2.27. The molecule has 1 atom stereocenters. The lowest BCUT2D eigenvalue weighted by molar-refractivity contribution is -0.206. The van der Waals surface area contributed by atoms with E-state index < -0.39 is 0 Å². The minimum Gasteiger partial charge on any atom is -0.348 e. The van der Waals surface area contributed by atoms with Crippen LogP contribution in [0, 0.1) is 0 Å². The van der Waals surface area contributed by atoms with Crippen LogP contribution in [-0.2, 0) is 9.47 Å². The van der Waals surface area contributed by atoms with Crippen molar-refractivity contribution in [2.45, 2.75) is 91.0 Å². The fourth-order valence-electron chi connectivity index (χ4n) is 2.43. The normalized spacial score (nSPS) is 13.2. The molecule has 0 spiro atoms. The number of unbranched alkanes of at least 4 members (excludes halogenated alkanes) is 6. The molecule has 0 heterocycles. The van der Waals surface area contributed by atoms with E-state index in [1.165, 1.54) is 38.5 Å². The summed E-state index contributed by atoms with van der Waals surface area (Å²) >= 11 is 0. The van der Waals surface area contributed by atoms with Crippen molar-refractivity contribution in [2.24, 2.45) is 0 Å². The van der Waals surface area contributed by atoms with Gasteiger partial charge in [-0.05, 0) is 26.7 Å². The molecule has 0 aliphatic heterocycles. The Morgan fingerprint density at radius 2 is 1.48 bits per heavy atom. The minimum atomic E-state index is -0.258. The highest BCUT2D eigenvalue weighted by atomic mass is 16.7. The Morgan fingerprint density at radius 1 is 0.870 bits per heavy atom. The highest BCUT2D eigenvalue weighted by molar-refractivity contribution is 5.16. The van der Waals surface area contributed by atoms with Crippen molar-refractivity contribution in [3.63, 3.8) is 0 Å². The fourth-order valence-corrected chi connectivity index (χ4v) is 2.43. The van der Waals surface area contributed by atoms with Gasteiger partial charge in [0.05, 0.1) is 12.2 Å². The second-order valence-electron chi connectivity index (χ2n) is 6.97. The van der Waals surface area contributed by atoms with E-state index in [9.17, 15) is 0 Å². The van der Waals surface area contributed by atoms with E-state index in [2.05, 4.69) is 39.8 Å². The Labute approximate surface area is 143 Å². The third-order valence-corrected chi connectivity index (χ3v) is 4.37. The van der Waals surface area contributed by atoms with Crippen LogP contribution in [0.15, 0.2) is 30.3 Å². The molecule has 23 heavy (non-hydrogen) atoms. The van der Waals surface area contributed by atoms with Gasteiger partial charge in [-0.25, -0.2) is 0 Å². The number of benzene rings is 1. The minimum absolute atomic E-state index is 0.166. The van der Waals surface area contributed by atoms with Gasteiger partial charge in [-0.15, -0.1) is 0 Å². The summed E-state index contributed by atoms with van der Waals surface area (Å²) in [7, 11) is 0. The first-order valence-electron chi connectivity index (χ1n) is 9.43. The maximum Gasteiger partial charge on any atom is 0.184 e. The van der Waals surface area contributed by atoms with Crippen molar-refractivity contribution in [3.05, 3.63) is 35.9 Å². The molecule has 2 nitrogen and oxygen atoms in total. The van der Waals surface area contributed by atoms with Crippen LogP contribution in [-0.4, -0.2) is 12.2 Å². The first-order valence-corrected chi connectivity index (χ1v) is 9.43. The number of hydrogen-bond donors (Lipinski definition) is 0. The molecule has 0 amide bonds. The summed E-state index contributed by atoms with van der Waals surface area (Å²) < 4.78 is 12.3. The van der Waals surface area contributed by atoms with E-state index in [1.54, 1.807) is 0 Å². The van der Waals surface area contributed by atoms with Crippen LogP contribution >= 0.6 is 0 Å². The Kier molecular flexibility index (Phi) is 10.2. The molecule has 0 saturated heterocycles. The van der Waals surface area contributed by atoms with E-state index >= 15 is 0 Å². The highest BCUT2D eigenvalue weighted by Gasteiger charge is 2.23. The molecule has 2 heteroatoms. The number of ether oxygens (including phenoxy) is 2. The Bertz CT molecular complexity index is 386. The molecule has 132 valence electrons. The molecular formula is C21H36O2. The molecule has 1 rings (SSSR count). The van der Waals surface area contributed by atoms with Gasteiger partial charge in [0.25, 0.3) is 0 Å². The van der Waals surface area contributed by atoms with Crippen LogP contribution in [0.4, 0.5) is 0 Å². The summed E-state index contributed by atoms with van der Waals surface area (Å²) in [4.78, 5) is 0. The van der Waals surface area contributed by atoms with Crippen molar-refractivity contribution >= 4 is 0 Å². The summed E-state index contributed by atoms with van der Waals surface area (Å²) in [5.74, 6) is 0. The van der Waals surface area contributed by atoms with Gasteiger partial charge in [0.1, 0.15) is 0 Å². The van der Waals surface area contributed by atoms with Crippen molar-refractivity contribution in [2.75, 3.05) is 6.61 Å². The predicted octanol–water partition coefficient (Wildman–Crippen LogP) is 6.66. The molecule has 0 fully saturated rings. The molecular weight excluding hydrogens is 284 g/mol. The molecule has 0 saturated carbocycles. The first kappa shape index (κ1) is 20.2. The number of rotatable bonds is 13. The summed E-state index contributed by atoms with van der Waals surface area (Å²) in [5, 5.41) is 0. The molecule has 0 N–H and O–H groups in total. The lowest BCUT2D eigenvalue weighted by Gasteiger charge is -2.30. The predicted molar refractivity (Wildman–Crippen MR) is 98.6 cm³/mol. The standard InChI is InChI=1S/C21H36O2/c1-5-7-8-9-10-11-15-18-22-20(23-21(3,4)6-2)19-16-13-12-14-17-19/h12-14,16-17,20H,5-11,15,18H2,1-4H3. The second-order valence-corrected chi connectivity index (χ2v) is 6.97. The topological polar surface area (TPSA) is 18.5 Å². The van der Waals surface area contributed by atoms with E-state index in [0.29, 0.717) is 0 Å². The Balaban J connectivity index is 2.36. The molecule has 1 aromatic rings. The van der Waals surface area contributed by atoms with Crippen LogP contribution in [0.3, 0.4) is 0 Å². The molecule has 1 aromatic carbocycles. The van der Waals surface area contributed by atoms with Crippen LogP contribution in [0.25, 0.3) is 0 Å². The summed E-state index contributed by atoms with van der Waals surface area (Å²) in [5.41, 5.74) is 0.942. The van der Waals surface area contributed by atoms with Crippen LogP contribution in [0.1, 0.15) is 90.9 Å². The van der Waals surface area contributed by atoms with Crippen LogP contribution in [0.5, 0.6) is 0 Å². The molecule has 0 radical (unpaired) electrons. The van der Waals surface area contributed by atoms with Crippen LogP contribution < -0.4 is 0 Å². The fraction of sp³-hybridized carbons (Fsp3) is 0.714. The van der Waals surface area contributed by atoms with Gasteiger partial charge >= 0.3 is 0 Å². The molecule has 0 aliphatic carbocycles. The zero-order valence-corrected chi connectivity index (χ0v) is 15.6. The SMILES string of the molecule is CCCCCCCCCOC(OC(C)(C)CC)c1ccccc1. The number of hydrogen-bond acceptors (Lipinski definition) is 2. The van der Waals surface area contributed by atoms with Crippen molar-refractivity contribution in [1.29, 1.82) is 0 Å². The smallest absolute Gasteiger partial charge is 0.184 e. The Morgan fingerprint density at radius 3 is 2.09 bits per heavy atom. The molecule has 0 bridgehead atoms. The third kappa shape index (κ3) is 9.12. The average Bonchev–Trinajstić information content (AvgIpc) is 2.57. The maximum absolute atomic E-state index is 6.21. The third-order valence-electron chi connectivity index (χ3n) is 4.37. The summed E-state index contributed by atoms with van der Waals surface area (Å²) in [6, 6.07) is 10.3. The maximum atomic E-state index is 6.21. The van der Waals surface area contributed by atoms with Gasteiger partial charge in [-0.3, -0.25) is 0 Å². The first-order chi connectivity index (χ1) is 11.1. The van der Waals surface area contributed by atoms with E-state index in [4.69, 9.17) is 9.47 Å². The molecule has 0 aromatic heterocycles. The van der Waals surface area contributed by atoms with E-state index in [1.807, 2.05) is 18.2 Å². The average molecular weight is 321 g/mol. The van der Waals surface area contributed by atoms with E-state index in [0.717, 1.165) is 25.0 Å². The summed E-state index contributed by atoms with van der Waals surface area (Å²) in [6.45, 7) is 9.43. The van der Waals surface area contributed by atoms with Gasteiger partial charge in [0.15, 0.2) is 6.29 Å². The quantitative estimate of drug-likeness (QED) is 0.299. The summed E-state index contributed by atoms with van der Waals surface area (Å²) in [6.07, 6.45) is 9.81. The molecule has 1 unspecified atom stereocenters. The molecule has 0 aliphatic rings. The van der Waals surface area contributed by atoms with Gasteiger partial charge in [0, 0.05) is 5.56 Å². The second kappa shape index (κ2) is 11.6. The van der Waals surface area contributed by atoms with Gasteiger partial charge in [0.2, 0.25) is 0 Å². The highest BCUT2D eigenvalue weighted by Crippen LogP contribution is 2.27. The monoisotopic (exact) mass is 320 g/mol. The van der Waals surface area contributed by atoms with Crippen molar-refractivity contribution in [3.8, 4) is 0 Å². The van der Waals surface area contributed by atoms with Gasteiger partial charge < -0.3 is 9.47 Å². The lowest BCUT2D eigenvalue weighted by atomic mass is 10.1. The van der Waals surface area contributed by atoms with E-state index in [-0.39, 0.29) is 11.9 Å². The van der Waals surface area contributed by atoms with Crippen molar-refractivity contribution in [1.82, 2.24) is 0 Å². The largest absolute Gasteiger partial charge is 0.348 e.